The molecule has 21 rings (SSSR count). The van der Waals surface area contributed by atoms with Crippen molar-refractivity contribution in [2.45, 2.75) is 26.2 Å². The predicted octanol–water partition coefficient (Wildman–Crippen LogP) is 15.1. The fraction of sp³-hybridized carbons (Fsp3) is 0.146. The van der Waals surface area contributed by atoms with Gasteiger partial charge in [0.05, 0.1) is 57.4 Å². The van der Waals surface area contributed by atoms with E-state index in [-0.39, 0.29) is 0 Å². The SMILES string of the molecule is CF.CF.CF.CF.CF.CF.CF.CF.C[Si](C)([O][Al]1[n]2c3c4ccccc4c2N=C2N=C(N=c4c5ccccc5c([n]41)=NC1=NC(=N3)c3ccccc31)c1ccccc12)c1ccc([Si](C)(C)[O][Al]2[n]3c4c5ccccc5c3N=C3N=C(N=c5c6ccccc6c([n]52)=NC2=NC(=N4)c4ccccc42)c2ccccc23)cc1. The van der Waals surface area contributed by atoms with Crippen LogP contribution in [0.3, 0.4) is 0 Å². The lowest BCUT2D eigenvalue weighted by Gasteiger charge is -2.32. The summed E-state index contributed by atoms with van der Waals surface area (Å²) in [6.45, 7) is 9.17. The van der Waals surface area contributed by atoms with Crippen LogP contribution < -0.4 is 32.3 Å². The first-order valence-corrected chi connectivity index (χ1v) is 43.9. The molecule has 112 heavy (non-hydrogen) atoms. The molecule has 9 aromatic carbocycles. The Morgan fingerprint density at radius 3 is 0.580 bits per heavy atom. The molecule has 18 nitrogen and oxygen atoms in total. The quantitative estimate of drug-likeness (QED) is 0.119. The molecule has 8 aliphatic rings. The first-order valence-electron chi connectivity index (χ1n) is 35.0. The summed E-state index contributed by atoms with van der Waals surface area (Å²) in [7, 11) is -2.18. The number of benzene rings is 9. The second-order valence-electron chi connectivity index (χ2n) is 25.9. The predicted molar refractivity (Wildman–Crippen MR) is 441 cm³/mol. The molecular formula is C82H72Al2F8N16O2Si2. The van der Waals surface area contributed by atoms with Gasteiger partial charge in [-0.15, -0.1) is 0 Å². The molecule has 0 spiro atoms. The summed E-state index contributed by atoms with van der Waals surface area (Å²) < 4.78 is 102. The van der Waals surface area contributed by atoms with Crippen LogP contribution in [0.5, 0.6) is 0 Å². The third-order valence-electron chi connectivity index (χ3n) is 19.6. The Morgan fingerprint density at radius 1 is 0.214 bits per heavy atom. The highest BCUT2D eigenvalue weighted by Crippen LogP contribution is 2.44. The molecule has 0 N–H and O–H groups in total. The van der Waals surface area contributed by atoms with Gasteiger partial charge in [0.15, 0.2) is 63.3 Å². The number of hydrogen-bond donors (Lipinski definition) is 0. The summed E-state index contributed by atoms with van der Waals surface area (Å²) in [4.78, 5) is 66.1. The number of halogens is 8. The lowest BCUT2D eigenvalue weighted by Crippen LogP contribution is -2.59. The molecule has 0 unspecified atom stereocenters. The van der Waals surface area contributed by atoms with E-state index < -0.39 is 46.5 Å². The highest BCUT2D eigenvalue weighted by Gasteiger charge is 2.49. The topological polar surface area (TPSA) is 187 Å². The van der Waals surface area contributed by atoms with E-state index in [9.17, 15) is 35.1 Å². The summed E-state index contributed by atoms with van der Waals surface area (Å²) in [6.07, 6.45) is 0. The van der Waals surface area contributed by atoms with Crippen LogP contribution in [0.15, 0.2) is 278 Å². The monoisotopic (exact) mass is 1570 g/mol. The van der Waals surface area contributed by atoms with Gasteiger partial charge in [-0.05, 0) is 36.6 Å². The Morgan fingerprint density at radius 2 is 0.384 bits per heavy atom. The van der Waals surface area contributed by atoms with Gasteiger partial charge in [-0.3, -0.25) is 35.1 Å². The molecule has 4 aromatic heterocycles. The molecule has 562 valence electrons. The molecule has 0 saturated carbocycles. The third kappa shape index (κ3) is 13.0. The Balaban J connectivity index is 0.000000649. The maximum Gasteiger partial charge on any atom is 0.798 e. The molecule has 12 heterocycles. The Hall–Kier alpha value is -11.4. The van der Waals surface area contributed by atoms with Gasteiger partial charge in [-0.1, -0.05) is 218 Å². The van der Waals surface area contributed by atoms with Gasteiger partial charge in [0.1, 0.15) is 45.2 Å². The van der Waals surface area contributed by atoms with Crippen LogP contribution in [-0.2, 0) is 6.96 Å². The Labute approximate surface area is 650 Å². The number of aliphatic imine (C=N–C) groups is 8. The van der Waals surface area contributed by atoms with Gasteiger partial charge >= 0.3 is 29.8 Å². The van der Waals surface area contributed by atoms with E-state index in [0.29, 0.717) is 149 Å². The van der Waals surface area contributed by atoms with Crippen molar-refractivity contribution in [1.82, 2.24) is 14.2 Å². The van der Waals surface area contributed by atoms with E-state index >= 15 is 0 Å². The van der Waals surface area contributed by atoms with E-state index in [2.05, 4.69) is 210 Å². The molecule has 12 bridgehead atoms. The van der Waals surface area contributed by atoms with E-state index in [0.717, 1.165) is 98.0 Å². The second-order valence-corrected chi connectivity index (χ2v) is 38.3. The molecule has 0 radical (unpaired) electrons. The molecule has 0 fully saturated rings. The molecule has 30 heteroatoms. The van der Waals surface area contributed by atoms with Crippen LogP contribution in [0, 0.1) is 0 Å². The lowest BCUT2D eigenvalue weighted by molar-refractivity contribution is 0.538. The first kappa shape index (κ1) is 78.7. The highest BCUT2D eigenvalue weighted by molar-refractivity contribution is 6.90. The Kier molecular flexibility index (Phi) is 23.4. The van der Waals surface area contributed by atoms with Crippen molar-refractivity contribution in [2.75, 3.05) is 57.4 Å². The van der Waals surface area contributed by atoms with Crippen molar-refractivity contribution in [2.24, 2.45) is 59.9 Å². The Bertz CT molecular complexity index is 5710. The van der Waals surface area contributed by atoms with Crippen LogP contribution in [0.25, 0.3) is 43.1 Å². The normalized spacial score (nSPS) is 13.9. The summed E-state index contributed by atoms with van der Waals surface area (Å²) in [6, 6.07) is 75.5. The number of alkyl halides is 8. The number of rotatable bonds is 6. The highest BCUT2D eigenvalue weighted by atomic mass is 28.4. The molecule has 0 saturated heterocycles. The average Bonchev–Trinajstić information content (AvgIpc) is 1.55. The van der Waals surface area contributed by atoms with Gasteiger partial charge in [-0.25, -0.2) is 59.9 Å². The fourth-order valence-electron chi connectivity index (χ4n) is 14.9. The molecular weight excluding hydrogens is 1500 g/mol. The van der Waals surface area contributed by atoms with E-state index in [1.807, 2.05) is 48.5 Å². The summed E-state index contributed by atoms with van der Waals surface area (Å²) in [5, 5.41) is 9.52. The van der Waals surface area contributed by atoms with Crippen LogP contribution in [-0.4, -0.2) is 165 Å². The van der Waals surface area contributed by atoms with Crippen molar-refractivity contribution < 1.29 is 42.1 Å². The van der Waals surface area contributed by atoms with Crippen molar-refractivity contribution in [3.05, 3.63) is 285 Å². The van der Waals surface area contributed by atoms with Crippen molar-refractivity contribution in [3.63, 3.8) is 0 Å². The number of amidine groups is 8. The number of hydrogen-bond acceptors (Lipinski definition) is 14. The zero-order chi connectivity index (χ0) is 79.4. The minimum Gasteiger partial charge on any atom is -0.506 e. The maximum atomic E-state index is 9.50. The van der Waals surface area contributed by atoms with E-state index in [4.69, 9.17) is 66.9 Å². The number of aromatic nitrogens is 4. The zero-order valence-electron chi connectivity index (χ0n) is 62.9. The van der Waals surface area contributed by atoms with E-state index in [1.165, 1.54) is 0 Å². The second kappa shape index (κ2) is 33.2. The van der Waals surface area contributed by atoms with Gasteiger partial charge in [0.2, 0.25) is 0 Å². The van der Waals surface area contributed by atoms with Gasteiger partial charge in [0.25, 0.3) is 0 Å². The van der Waals surface area contributed by atoms with Gasteiger partial charge in [-0.2, -0.15) is 0 Å². The molecule has 8 aliphatic heterocycles. The fourth-order valence-corrected chi connectivity index (χ4v) is 27.6. The summed E-state index contributed by atoms with van der Waals surface area (Å²) in [5.74, 6) is 7.39. The molecule has 0 aliphatic carbocycles. The number of fused-ring (bicyclic) bond motifs is 28. The van der Waals surface area contributed by atoms with Gasteiger partial charge in [0, 0.05) is 87.6 Å². The number of nitrogens with zero attached hydrogens (tertiary/aromatic N) is 16. The molecule has 0 atom stereocenters. The van der Waals surface area contributed by atoms with Crippen molar-refractivity contribution in [3.8, 4) is 0 Å². The average molecular weight is 1580 g/mol. The van der Waals surface area contributed by atoms with Crippen LogP contribution in [0.2, 0.25) is 26.2 Å². The lowest BCUT2D eigenvalue weighted by atomic mass is 10.1. The van der Waals surface area contributed by atoms with Crippen LogP contribution in [0.1, 0.15) is 44.5 Å². The van der Waals surface area contributed by atoms with Crippen LogP contribution >= 0.6 is 0 Å². The van der Waals surface area contributed by atoms with Crippen molar-refractivity contribution in [1.29, 1.82) is 0 Å². The first-order chi connectivity index (χ1) is 55.1. The largest absolute Gasteiger partial charge is 0.798 e. The van der Waals surface area contributed by atoms with Gasteiger partial charge < -0.3 is 21.2 Å². The van der Waals surface area contributed by atoms with Crippen LogP contribution in [0.4, 0.5) is 58.4 Å². The maximum absolute atomic E-state index is 9.50. The molecule has 13 aromatic rings. The van der Waals surface area contributed by atoms with E-state index in [1.54, 1.807) is 0 Å². The summed E-state index contributed by atoms with van der Waals surface area (Å²) in [5.41, 5.74) is 10.00. The zero-order valence-corrected chi connectivity index (χ0v) is 67.2. The van der Waals surface area contributed by atoms with Crippen molar-refractivity contribution >= 4 is 170 Å². The smallest absolute Gasteiger partial charge is 0.506 e. The minimum absolute atomic E-state index is 0.500. The third-order valence-corrected chi connectivity index (χ3v) is 33.2. The summed E-state index contributed by atoms with van der Waals surface area (Å²) >= 11 is -6.52. The molecule has 0 amide bonds. The standard InChI is InChI=1S/2C32H16N8.C10H16O2Si2.8CH3F.2Al/c2*1-2-10-18-17(9-1)25-33-26(18)38-28-21-13-5-6-14-22(21)30(35-28)40-32-24-16-8-7-15-23(24)31(36-32)39-29-20-12-4-3-11-19(20)27(34-29)37-25;1-13(2,11)9-5-7-10(8-6-9)14(3,4)12;8*1-2;;/h2*1-16H;5-8H,1-4H3;8*1H3;;/q3*-2;;;;;;;;;2*+3. The minimum atomic E-state index is -3.26.